The van der Waals surface area contributed by atoms with Crippen molar-refractivity contribution in [2.45, 2.75) is 13.0 Å². The lowest BCUT2D eigenvalue weighted by molar-refractivity contribution is -0.118. The number of carbonyl (C=O) groups excluding carboxylic acids is 1. The van der Waals surface area contributed by atoms with Gasteiger partial charge >= 0.3 is 0 Å². The smallest absolute Gasteiger partial charge is 0.235 e. The van der Waals surface area contributed by atoms with Crippen LogP contribution >= 0.6 is 23.6 Å². The van der Waals surface area contributed by atoms with Crippen molar-refractivity contribution < 1.29 is 4.79 Å². The van der Waals surface area contributed by atoms with Crippen LogP contribution in [0.2, 0.25) is 0 Å². The van der Waals surface area contributed by atoms with E-state index in [0.717, 1.165) is 22.2 Å². The number of aromatic nitrogens is 2. The van der Waals surface area contributed by atoms with E-state index in [1.54, 1.807) is 17.5 Å². The molecule has 3 aromatic rings. The van der Waals surface area contributed by atoms with Gasteiger partial charge in [0.2, 0.25) is 5.91 Å². The highest BCUT2D eigenvalue weighted by Crippen LogP contribution is 2.30. The Morgan fingerprint density at radius 3 is 3.04 bits per heavy atom. The van der Waals surface area contributed by atoms with Crippen molar-refractivity contribution in [1.82, 2.24) is 15.5 Å². The number of benzene rings is 1. The molecular formula is C17H15N5OS2. The number of thiocarbonyl (C=S) groups is 1. The molecule has 0 spiro atoms. The first kappa shape index (κ1) is 15.9. The van der Waals surface area contributed by atoms with Gasteiger partial charge in [-0.15, -0.1) is 0 Å². The average molecular weight is 369 g/mol. The summed E-state index contributed by atoms with van der Waals surface area (Å²) in [7, 11) is 0. The molecular weight excluding hydrogens is 354 g/mol. The summed E-state index contributed by atoms with van der Waals surface area (Å²) < 4.78 is 0. The van der Waals surface area contributed by atoms with E-state index in [9.17, 15) is 4.79 Å². The quantitative estimate of drug-likeness (QED) is 0.619. The van der Waals surface area contributed by atoms with Crippen LogP contribution in [0, 0.1) is 5.92 Å². The largest absolute Gasteiger partial charge is 0.353 e. The molecule has 2 unspecified atom stereocenters. The van der Waals surface area contributed by atoms with E-state index in [0.29, 0.717) is 10.8 Å². The number of amides is 1. The maximum absolute atomic E-state index is 13.0. The zero-order valence-electron chi connectivity index (χ0n) is 13.3. The molecule has 1 amide bonds. The zero-order valence-corrected chi connectivity index (χ0v) is 14.9. The second-order valence-electron chi connectivity index (χ2n) is 5.88. The van der Waals surface area contributed by atoms with Crippen LogP contribution in [-0.2, 0) is 4.79 Å². The molecule has 2 aromatic heterocycles. The minimum atomic E-state index is -0.429. The molecule has 25 heavy (non-hydrogen) atoms. The van der Waals surface area contributed by atoms with Crippen molar-refractivity contribution in [3.05, 3.63) is 46.8 Å². The van der Waals surface area contributed by atoms with E-state index < -0.39 is 5.92 Å². The summed E-state index contributed by atoms with van der Waals surface area (Å²) in [6, 6.07) is 7.42. The molecule has 0 saturated heterocycles. The van der Waals surface area contributed by atoms with E-state index in [1.807, 2.05) is 41.9 Å². The van der Waals surface area contributed by atoms with E-state index in [4.69, 9.17) is 12.2 Å². The fourth-order valence-corrected chi connectivity index (χ4v) is 4.00. The molecule has 0 radical (unpaired) electrons. The molecule has 1 aromatic carbocycles. The molecule has 1 aliphatic rings. The van der Waals surface area contributed by atoms with Gasteiger partial charge in [0.05, 0.1) is 17.8 Å². The molecule has 0 fully saturated rings. The van der Waals surface area contributed by atoms with Crippen LogP contribution < -0.4 is 10.6 Å². The second kappa shape index (κ2) is 6.38. The first-order valence-corrected chi connectivity index (χ1v) is 9.09. The topological polar surface area (TPSA) is 82.2 Å². The van der Waals surface area contributed by atoms with E-state index >= 15 is 0 Å². The normalized spacial score (nSPS) is 20.2. The first-order valence-electron chi connectivity index (χ1n) is 7.73. The Labute approximate surface area is 153 Å². The standard InChI is InChI=1S/C17H15N5OS2/c1-9-14(15(21-17(24)19-9)10-4-5-25-8-10)16(23)20-12-2-3-13-11(6-12)7-18-22-13/h2-8,14-15H,1H3,(H,18,22)(H,20,23)(H,21,24). The van der Waals surface area contributed by atoms with Crippen LogP contribution in [-0.4, -0.2) is 26.9 Å². The van der Waals surface area contributed by atoms with Gasteiger partial charge in [0.1, 0.15) is 5.92 Å². The lowest BCUT2D eigenvalue weighted by Gasteiger charge is -2.31. The number of thiophene rings is 1. The molecule has 6 nitrogen and oxygen atoms in total. The Balaban J connectivity index is 1.63. The lowest BCUT2D eigenvalue weighted by Crippen LogP contribution is -2.45. The molecule has 4 rings (SSSR count). The summed E-state index contributed by atoms with van der Waals surface area (Å²) in [6.07, 6.45) is 1.73. The molecule has 2 atom stereocenters. The number of anilines is 1. The van der Waals surface area contributed by atoms with Crippen LogP contribution in [0.1, 0.15) is 18.5 Å². The molecule has 126 valence electrons. The number of rotatable bonds is 3. The van der Waals surface area contributed by atoms with Gasteiger partial charge in [-0.2, -0.15) is 16.4 Å². The predicted molar refractivity (Wildman–Crippen MR) is 104 cm³/mol. The fourth-order valence-electron chi connectivity index (χ4n) is 3.03. The third-order valence-electron chi connectivity index (χ3n) is 4.23. The van der Waals surface area contributed by atoms with Gasteiger partial charge in [0.15, 0.2) is 5.11 Å². The maximum atomic E-state index is 13.0. The molecule has 3 N–H and O–H groups in total. The highest BCUT2D eigenvalue weighted by molar-refractivity contribution is 7.80. The van der Waals surface area contributed by atoms with E-state index in [2.05, 4.69) is 25.8 Å². The zero-order chi connectivity index (χ0) is 17.4. The molecule has 0 saturated carbocycles. The van der Waals surface area contributed by atoms with E-state index in [1.165, 1.54) is 0 Å². The van der Waals surface area contributed by atoms with Crippen molar-refractivity contribution >= 4 is 56.9 Å². The van der Waals surface area contributed by atoms with Crippen LogP contribution in [0.15, 0.2) is 46.2 Å². The molecule has 3 heterocycles. The summed E-state index contributed by atoms with van der Waals surface area (Å²) in [4.78, 5) is 17.3. The van der Waals surface area contributed by atoms with Crippen LogP contribution in [0.25, 0.3) is 10.9 Å². The Kier molecular flexibility index (Phi) is 4.06. The second-order valence-corrected chi connectivity index (χ2v) is 7.04. The summed E-state index contributed by atoms with van der Waals surface area (Å²) in [5.41, 5.74) is 3.40. The van der Waals surface area contributed by atoms with Gasteiger partial charge in [-0.05, 0) is 59.7 Å². The number of carbonyl (C=O) groups is 1. The molecule has 1 aliphatic heterocycles. The van der Waals surface area contributed by atoms with E-state index in [-0.39, 0.29) is 11.9 Å². The SMILES string of the molecule is CC1=NC(=S)NC(c2ccsc2)C1C(=O)Nc1ccc2[nH]ncc2c1. The highest BCUT2D eigenvalue weighted by atomic mass is 32.1. The fraction of sp³-hybridized carbons (Fsp3) is 0.176. The number of H-pyrrole nitrogens is 1. The number of nitrogens with one attached hydrogen (secondary N) is 3. The van der Waals surface area contributed by atoms with Gasteiger partial charge < -0.3 is 10.6 Å². The van der Waals surface area contributed by atoms with Crippen molar-refractivity contribution in [2.24, 2.45) is 10.9 Å². The molecule has 0 aliphatic carbocycles. The average Bonchev–Trinajstić information content (AvgIpc) is 3.25. The van der Waals surface area contributed by atoms with Gasteiger partial charge in [0, 0.05) is 16.8 Å². The Bertz CT molecular complexity index is 976. The van der Waals surface area contributed by atoms with Crippen molar-refractivity contribution in [3.8, 4) is 0 Å². The molecule has 0 bridgehead atoms. The van der Waals surface area contributed by atoms with Crippen molar-refractivity contribution in [1.29, 1.82) is 0 Å². The first-order chi connectivity index (χ1) is 12.1. The van der Waals surface area contributed by atoms with Crippen LogP contribution in [0.3, 0.4) is 0 Å². The van der Waals surface area contributed by atoms with Crippen molar-refractivity contribution in [2.75, 3.05) is 5.32 Å². The Hall–Kier alpha value is -2.58. The van der Waals surface area contributed by atoms with Crippen molar-refractivity contribution in [3.63, 3.8) is 0 Å². The summed E-state index contributed by atoms with van der Waals surface area (Å²) >= 11 is 6.80. The summed E-state index contributed by atoms with van der Waals surface area (Å²) in [5, 5.41) is 18.4. The van der Waals surface area contributed by atoms with Gasteiger partial charge in [-0.25, -0.2) is 4.99 Å². The maximum Gasteiger partial charge on any atom is 0.235 e. The summed E-state index contributed by atoms with van der Waals surface area (Å²) in [6.45, 7) is 1.84. The number of hydrogen-bond acceptors (Lipinski definition) is 4. The van der Waals surface area contributed by atoms with Crippen LogP contribution in [0.4, 0.5) is 5.69 Å². The minimum Gasteiger partial charge on any atom is -0.353 e. The Morgan fingerprint density at radius 2 is 2.24 bits per heavy atom. The number of hydrogen-bond donors (Lipinski definition) is 3. The third-order valence-corrected chi connectivity index (χ3v) is 5.14. The van der Waals surface area contributed by atoms with Gasteiger partial charge in [-0.3, -0.25) is 9.89 Å². The number of nitrogens with zero attached hydrogens (tertiary/aromatic N) is 2. The third kappa shape index (κ3) is 3.06. The number of aromatic amines is 1. The monoisotopic (exact) mass is 369 g/mol. The lowest BCUT2D eigenvalue weighted by atomic mass is 9.89. The molecule has 8 heteroatoms. The van der Waals surface area contributed by atoms with Crippen LogP contribution in [0.5, 0.6) is 0 Å². The minimum absolute atomic E-state index is 0.115. The van der Waals surface area contributed by atoms with Gasteiger partial charge in [0.25, 0.3) is 0 Å². The van der Waals surface area contributed by atoms with Gasteiger partial charge in [-0.1, -0.05) is 0 Å². The number of aliphatic imine (C=N–C) groups is 1. The Morgan fingerprint density at radius 1 is 1.36 bits per heavy atom. The number of fused-ring (bicyclic) bond motifs is 1. The summed E-state index contributed by atoms with van der Waals surface area (Å²) in [5.74, 6) is -0.545. The highest BCUT2D eigenvalue weighted by Gasteiger charge is 2.36. The predicted octanol–water partition coefficient (Wildman–Crippen LogP) is 3.27.